The van der Waals surface area contributed by atoms with Crippen molar-refractivity contribution in [1.29, 1.82) is 5.41 Å². The van der Waals surface area contributed by atoms with Crippen LogP contribution in [0.3, 0.4) is 0 Å². The molecule has 5 nitrogen and oxygen atoms in total. The van der Waals surface area contributed by atoms with Gasteiger partial charge in [-0.15, -0.1) is 0 Å². The van der Waals surface area contributed by atoms with Crippen molar-refractivity contribution in [2.45, 2.75) is 12.8 Å². The molecule has 0 unspecified atom stereocenters. The lowest BCUT2D eigenvalue weighted by Crippen LogP contribution is -2.48. The monoisotopic (exact) mass is 119 g/mol. The third kappa shape index (κ3) is 5.19. The number of nitrogens with two attached hydrogens (primary N) is 1. The van der Waals surface area contributed by atoms with E-state index in [0.717, 1.165) is 6.92 Å². The summed E-state index contributed by atoms with van der Waals surface area (Å²) < 4.78 is 0. The van der Waals surface area contributed by atoms with Crippen molar-refractivity contribution in [3.63, 3.8) is 0 Å². The second-order valence-corrected chi connectivity index (χ2v) is 1.56. The Bertz CT molecular complexity index is 95.2. The van der Waals surface area contributed by atoms with E-state index in [0.29, 0.717) is 0 Å². The Hall–Kier alpha value is -0.810. The van der Waals surface area contributed by atoms with Crippen LogP contribution >= 0.6 is 0 Å². The highest BCUT2D eigenvalue weighted by molar-refractivity contribution is 5.74. The normalized spacial score (nSPS) is 10.9. The summed E-state index contributed by atoms with van der Waals surface area (Å²) in [6, 6.07) is 0. The van der Waals surface area contributed by atoms with Gasteiger partial charge in [0.1, 0.15) is 0 Å². The highest BCUT2D eigenvalue weighted by Gasteiger charge is 2.13. The summed E-state index contributed by atoms with van der Waals surface area (Å²) in [5.41, 5.74) is 4.73. The predicted molar refractivity (Wildman–Crippen MR) is 27.9 cm³/mol. The summed E-state index contributed by atoms with van der Waals surface area (Å²) in [5.74, 6) is -2.55. The molecule has 6 N–H and O–H groups in total. The highest BCUT2D eigenvalue weighted by Crippen LogP contribution is 1.85. The Morgan fingerprint density at radius 2 is 2.12 bits per heavy atom. The van der Waals surface area contributed by atoms with Crippen LogP contribution in [0, 0.1) is 5.41 Å². The molecule has 0 radical (unpaired) electrons. The Kier molecular flexibility index (Phi) is 1.77. The predicted octanol–water partition coefficient (Wildman–Crippen LogP) is -1.87. The second kappa shape index (κ2) is 1.97. The first-order valence-electron chi connectivity index (χ1n) is 1.99. The van der Waals surface area contributed by atoms with Crippen molar-refractivity contribution < 1.29 is 10.2 Å². The molecule has 48 valence electrons. The van der Waals surface area contributed by atoms with Gasteiger partial charge in [0.15, 0.2) is 5.96 Å². The minimum absolute atomic E-state index is 0.475. The number of guanidine groups is 1. The zero-order chi connectivity index (χ0) is 6.78. The Morgan fingerprint density at radius 1 is 1.75 bits per heavy atom. The average molecular weight is 119 g/mol. The van der Waals surface area contributed by atoms with E-state index in [2.05, 4.69) is 0 Å². The topological polar surface area (TPSA) is 102 Å². The summed E-state index contributed by atoms with van der Waals surface area (Å²) >= 11 is 0. The zero-order valence-corrected chi connectivity index (χ0v) is 4.47. The Balaban J connectivity index is 3.55. The minimum atomic E-state index is -2.08. The van der Waals surface area contributed by atoms with Crippen molar-refractivity contribution in [3.05, 3.63) is 0 Å². The number of rotatable bonds is 1. The van der Waals surface area contributed by atoms with Gasteiger partial charge >= 0.3 is 0 Å². The van der Waals surface area contributed by atoms with Gasteiger partial charge in [-0.2, -0.15) is 0 Å². The number of hydrogen-bond acceptors (Lipinski definition) is 3. The van der Waals surface area contributed by atoms with Gasteiger partial charge in [-0.05, 0) is 0 Å². The van der Waals surface area contributed by atoms with Crippen LogP contribution in [0.25, 0.3) is 0 Å². The first-order valence-corrected chi connectivity index (χ1v) is 1.99. The maximum absolute atomic E-state index is 8.41. The molecule has 0 aliphatic carbocycles. The molecule has 8 heavy (non-hydrogen) atoms. The molecule has 0 fully saturated rings. The minimum Gasteiger partial charge on any atom is -0.370 e. The van der Waals surface area contributed by atoms with Gasteiger partial charge in [-0.1, -0.05) is 0 Å². The molecule has 0 aromatic carbocycles. The van der Waals surface area contributed by atoms with Crippen LogP contribution in [0.2, 0.25) is 0 Å². The third-order valence-electron chi connectivity index (χ3n) is 0.371. The molecule has 0 aromatic heterocycles. The smallest absolute Gasteiger partial charge is 0.243 e. The number of aliphatic hydroxyl groups is 2. The van der Waals surface area contributed by atoms with E-state index in [4.69, 9.17) is 21.4 Å². The maximum atomic E-state index is 8.41. The summed E-state index contributed by atoms with van der Waals surface area (Å²) in [7, 11) is 0. The van der Waals surface area contributed by atoms with Crippen LogP contribution in [-0.2, 0) is 0 Å². The first-order chi connectivity index (χ1) is 3.42. The largest absolute Gasteiger partial charge is 0.370 e. The van der Waals surface area contributed by atoms with Gasteiger partial charge in [-0.25, -0.2) is 0 Å². The van der Waals surface area contributed by atoms with Crippen molar-refractivity contribution in [1.82, 2.24) is 5.32 Å². The molecule has 0 aromatic rings. The molecule has 0 amide bonds. The number of nitrogens with one attached hydrogen (secondary N) is 2. The quantitative estimate of drug-likeness (QED) is 0.158. The molecular weight excluding hydrogens is 110 g/mol. The molecule has 0 saturated carbocycles. The fourth-order valence-electron chi connectivity index (χ4n) is 0.255. The standard InChI is InChI=1S/C3H9N3O2/c1-3(7,8)6-2(4)5/h7-8H,1H3,(H4,4,5,6). The van der Waals surface area contributed by atoms with Crippen LogP contribution in [0.1, 0.15) is 6.92 Å². The van der Waals surface area contributed by atoms with Crippen molar-refractivity contribution in [2.24, 2.45) is 5.73 Å². The van der Waals surface area contributed by atoms with Crippen molar-refractivity contribution >= 4 is 5.96 Å². The first kappa shape index (κ1) is 7.19. The van der Waals surface area contributed by atoms with Crippen LogP contribution in [0.5, 0.6) is 0 Å². The van der Waals surface area contributed by atoms with E-state index in [1.54, 1.807) is 0 Å². The lowest BCUT2D eigenvalue weighted by molar-refractivity contribution is -0.156. The van der Waals surface area contributed by atoms with Crippen LogP contribution in [0.15, 0.2) is 0 Å². The van der Waals surface area contributed by atoms with Crippen LogP contribution in [-0.4, -0.2) is 22.1 Å². The SMILES string of the molecule is CC(O)(O)NC(=N)N. The summed E-state index contributed by atoms with van der Waals surface area (Å²) in [6.07, 6.45) is 0. The van der Waals surface area contributed by atoms with E-state index in [-0.39, 0.29) is 0 Å². The van der Waals surface area contributed by atoms with E-state index in [9.17, 15) is 0 Å². The van der Waals surface area contributed by atoms with E-state index in [1.165, 1.54) is 0 Å². The third-order valence-corrected chi connectivity index (χ3v) is 0.371. The van der Waals surface area contributed by atoms with E-state index >= 15 is 0 Å². The summed E-state index contributed by atoms with van der Waals surface area (Å²) in [6.45, 7) is 1.06. The Morgan fingerprint density at radius 3 is 2.12 bits per heavy atom. The molecule has 5 heteroatoms. The number of hydrogen-bond donors (Lipinski definition) is 5. The lowest BCUT2D eigenvalue weighted by atomic mass is 10.6. The van der Waals surface area contributed by atoms with E-state index < -0.39 is 11.9 Å². The molecular formula is C3H9N3O2. The molecule has 0 spiro atoms. The molecule has 0 rings (SSSR count). The van der Waals surface area contributed by atoms with Gasteiger partial charge in [-0.3, -0.25) is 5.41 Å². The van der Waals surface area contributed by atoms with Gasteiger partial charge in [0.25, 0.3) is 0 Å². The fraction of sp³-hybridized carbons (Fsp3) is 0.667. The molecule has 0 aliphatic rings. The fourth-order valence-corrected chi connectivity index (χ4v) is 0.255. The molecule has 0 saturated heterocycles. The van der Waals surface area contributed by atoms with Crippen LogP contribution < -0.4 is 11.1 Å². The zero-order valence-electron chi connectivity index (χ0n) is 4.47. The molecule has 0 heterocycles. The van der Waals surface area contributed by atoms with Gasteiger partial charge in [0.05, 0.1) is 0 Å². The lowest BCUT2D eigenvalue weighted by Gasteiger charge is -2.16. The molecule has 0 atom stereocenters. The Labute approximate surface area is 46.6 Å². The van der Waals surface area contributed by atoms with E-state index in [1.807, 2.05) is 5.32 Å². The van der Waals surface area contributed by atoms with Crippen LogP contribution in [0.4, 0.5) is 0 Å². The van der Waals surface area contributed by atoms with Gasteiger partial charge in [0.2, 0.25) is 5.91 Å². The van der Waals surface area contributed by atoms with Gasteiger partial charge in [0, 0.05) is 6.92 Å². The average Bonchev–Trinajstić information content (AvgIpc) is 1.21. The molecule has 0 aliphatic heterocycles. The van der Waals surface area contributed by atoms with Crippen molar-refractivity contribution in [2.75, 3.05) is 0 Å². The second-order valence-electron chi connectivity index (χ2n) is 1.56. The summed E-state index contributed by atoms with van der Waals surface area (Å²) in [5, 5.41) is 25.2. The summed E-state index contributed by atoms with van der Waals surface area (Å²) in [4.78, 5) is 0. The highest BCUT2D eigenvalue weighted by atomic mass is 16.5. The maximum Gasteiger partial charge on any atom is 0.243 e. The van der Waals surface area contributed by atoms with Crippen molar-refractivity contribution in [3.8, 4) is 0 Å². The molecule has 0 bridgehead atoms. The van der Waals surface area contributed by atoms with Gasteiger partial charge < -0.3 is 21.3 Å².